The average Bonchev–Trinajstić information content (AvgIpc) is 3.20. The van der Waals surface area contributed by atoms with E-state index >= 15 is 0 Å². The SMILES string of the molecule is COc1ccc([C@H]2C[C@@H]3O[C@H]4[C@H](Oc5c(C)c(O[C@@H]6O[C@H](CO)[C@@H](O)[C@H](O)[C@H]6O)c(C)c(c53)O2)O[C@H](CO)[C@@H](O)[C@@H]4O)cc1. The Balaban J connectivity index is 1.44. The van der Waals surface area contributed by atoms with Crippen LogP contribution in [0, 0.1) is 13.8 Å². The van der Waals surface area contributed by atoms with E-state index in [9.17, 15) is 35.7 Å². The Morgan fingerprint density at radius 1 is 0.727 bits per heavy atom. The molecule has 44 heavy (non-hydrogen) atoms. The van der Waals surface area contributed by atoms with Gasteiger partial charge in [0.2, 0.25) is 12.6 Å². The van der Waals surface area contributed by atoms with Gasteiger partial charge in [-0.3, -0.25) is 0 Å². The number of hydrogen-bond donors (Lipinski definition) is 7. The predicted molar refractivity (Wildman–Crippen MR) is 147 cm³/mol. The van der Waals surface area contributed by atoms with E-state index in [1.165, 1.54) is 0 Å². The van der Waals surface area contributed by atoms with Crippen molar-refractivity contribution in [3.8, 4) is 23.0 Å². The van der Waals surface area contributed by atoms with Crippen molar-refractivity contribution in [3.05, 3.63) is 46.5 Å². The Labute approximate surface area is 252 Å². The van der Waals surface area contributed by atoms with Gasteiger partial charge in [-0.15, -0.1) is 0 Å². The summed E-state index contributed by atoms with van der Waals surface area (Å²) in [6.45, 7) is 2.21. The van der Waals surface area contributed by atoms with Crippen molar-refractivity contribution < 1.29 is 68.9 Å². The molecule has 2 aromatic rings. The Bertz CT molecular complexity index is 1330. The summed E-state index contributed by atoms with van der Waals surface area (Å²) in [6, 6.07) is 7.31. The quantitative estimate of drug-likeness (QED) is 0.212. The van der Waals surface area contributed by atoms with Gasteiger partial charge in [-0.05, 0) is 31.5 Å². The molecule has 0 aromatic heterocycles. The third-order valence-electron chi connectivity index (χ3n) is 8.81. The van der Waals surface area contributed by atoms with Crippen LogP contribution in [0.5, 0.6) is 23.0 Å². The Hall–Kier alpha value is -2.76. The van der Waals surface area contributed by atoms with Gasteiger partial charge in [0.1, 0.15) is 77.9 Å². The van der Waals surface area contributed by atoms with Crippen molar-refractivity contribution in [1.82, 2.24) is 0 Å². The highest BCUT2D eigenvalue weighted by Gasteiger charge is 2.52. The molecule has 12 atom stereocenters. The molecule has 4 aliphatic heterocycles. The van der Waals surface area contributed by atoms with Crippen LogP contribution < -0.4 is 18.9 Å². The molecule has 4 aliphatic rings. The molecule has 0 radical (unpaired) electrons. The summed E-state index contributed by atoms with van der Waals surface area (Å²) in [6.07, 6.45) is -14.9. The molecule has 0 aliphatic carbocycles. The van der Waals surface area contributed by atoms with Gasteiger partial charge in [-0.2, -0.15) is 0 Å². The highest BCUT2D eigenvalue weighted by Crippen LogP contribution is 2.55. The minimum absolute atomic E-state index is 0.172. The van der Waals surface area contributed by atoms with E-state index in [1.54, 1.807) is 33.1 Å². The van der Waals surface area contributed by atoms with Crippen LogP contribution in [0.2, 0.25) is 0 Å². The fourth-order valence-corrected chi connectivity index (χ4v) is 6.30. The normalized spacial score (nSPS) is 38.0. The highest BCUT2D eigenvalue weighted by atomic mass is 16.7. The fourth-order valence-electron chi connectivity index (χ4n) is 6.30. The number of hydrogen-bond acceptors (Lipinski definition) is 14. The third kappa shape index (κ3) is 5.18. The minimum Gasteiger partial charge on any atom is -0.497 e. The van der Waals surface area contributed by atoms with Crippen LogP contribution in [0.3, 0.4) is 0 Å². The zero-order valence-corrected chi connectivity index (χ0v) is 24.3. The molecule has 242 valence electrons. The first kappa shape index (κ1) is 31.2. The van der Waals surface area contributed by atoms with E-state index in [0.29, 0.717) is 34.6 Å². The number of benzene rings is 2. The molecule has 0 amide bonds. The predicted octanol–water partition coefficient (Wildman–Crippen LogP) is -0.728. The molecular formula is C30H38O14. The molecule has 0 unspecified atom stereocenters. The second kappa shape index (κ2) is 12.2. The van der Waals surface area contributed by atoms with Gasteiger partial charge in [0.15, 0.2) is 0 Å². The number of fused-ring (bicyclic) bond motifs is 1. The number of rotatable bonds is 6. The second-order valence-corrected chi connectivity index (χ2v) is 11.5. The van der Waals surface area contributed by atoms with Gasteiger partial charge in [0.25, 0.3) is 0 Å². The lowest BCUT2D eigenvalue weighted by Gasteiger charge is -2.41. The number of ether oxygens (including phenoxy) is 7. The van der Waals surface area contributed by atoms with Crippen molar-refractivity contribution in [3.63, 3.8) is 0 Å². The van der Waals surface area contributed by atoms with Crippen LogP contribution in [-0.4, -0.2) is 117 Å². The van der Waals surface area contributed by atoms with E-state index in [-0.39, 0.29) is 11.5 Å². The largest absolute Gasteiger partial charge is 0.497 e. The lowest BCUT2D eigenvalue weighted by molar-refractivity contribution is -0.292. The molecule has 14 nitrogen and oxygen atoms in total. The molecule has 6 rings (SSSR count). The van der Waals surface area contributed by atoms with Gasteiger partial charge < -0.3 is 68.9 Å². The van der Waals surface area contributed by atoms with Crippen LogP contribution in [0.15, 0.2) is 24.3 Å². The maximum atomic E-state index is 11.0. The number of aliphatic hydroxyl groups is 7. The highest BCUT2D eigenvalue weighted by molar-refractivity contribution is 5.64. The standard InChI is InChI=1S/C30H38O14/c1-11-25(43-29-24(37)22(35)20(33)17(9-31)41-29)12(2)27-19-16(40-28-23(36)21(34)18(10-32)42-30(28)44-27)8-15(39-26(11)19)13-4-6-14(38-3)7-5-13/h4-7,15-18,20-24,28-37H,8-10H2,1-3H3/t15-,16+,17-,18-,20-,21-,22+,23+,24-,28-,29+,30+/m1/s1. The van der Waals surface area contributed by atoms with E-state index in [1.807, 2.05) is 12.1 Å². The molecule has 2 saturated heterocycles. The lowest BCUT2D eigenvalue weighted by atomic mass is 9.90. The van der Waals surface area contributed by atoms with Gasteiger partial charge in [-0.25, -0.2) is 0 Å². The molecule has 0 spiro atoms. The molecule has 14 heteroatoms. The van der Waals surface area contributed by atoms with Crippen LogP contribution >= 0.6 is 0 Å². The first-order chi connectivity index (χ1) is 21.1. The van der Waals surface area contributed by atoms with E-state index < -0.39 is 86.8 Å². The molecule has 2 fully saturated rings. The molecule has 0 bridgehead atoms. The van der Waals surface area contributed by atoms with Crippen molar-refractivity contribution in [2.45, 2.75) is 93.9 Å². The first-order valence-corrected chi connectivity index (χ1v) is 14.5. The van der Waals surface area contributed by atoms with Crippen molar-refractivity contribution in [2.75, 3.05) is 20.3 Å². The van der Waals surface area contributed by atoms with Crippen molar-refractivity contribution >= 4 is 0 Å². The third-order valence-corrected chi connectivity index (χ3v) is 8.81. The Morgan fingerprint density at radius 3 is 1.98 bits per heavy atom. The lowest BCUT2D eigenvalue weighted by Crippen LogP contribution is -2.60. The van der Waals surface area contributed by atoms with E-state index in [0.717, 1.165) is 5.56 Å². The maximum Gasteiger partial charge on any atom is 0.229 e. The molecule has 0 saturated carbocycles. The zero-order valence-electron chi connectivity index (χ0n) is 24.3. The van der Waals surface area contributed by atoms with E-state index in [4.69, 9.17) is 33.2 Å². The number of methoxy groups -OCH3 is 1. The van der Waals surface area contributed by atoms with Crippen molar-refractivity contribution in [2.24, 2.45) is 0 Å². The summed E-state index contributed by atoms with van der Waals surface area (Å²) in [5.41, 5.74) is 2.23. The van der Waals surface area contributed by atoms with Gasteiger partial charge >= 0.3 is 0 Å². The smallest absolute Gasteiger partial charge is 0.229 e. The average molecular weight is 623 g/mol. The first-order valence-electron chi connectivity index (χ1n) is 14.5. The fraction of sp³-hybridized carbons (Fsp3) is 0.600. The van der Waals surface area contributed by atoms with Crippen molar-refractivity contribution in [1.29, 1.82) is 0 Å². The van der Waals surface area contributed by atoms with Gasteiger partial charge in [-0.1, -0.05) is 12.1 Å². The minimum atomic E-state index is -1.67. The molecule has 7 N–H and O–H groups in total. The summed E-state index contributed by atoms with van der Waals surface area (Å²) >= 11 is 0. The number of aliphatic hydroxyl groups excluding tert-OH is 7. The van der Waals surface area contributed by atoms with E-state index in [2.05, 4.69) is 0 Å². The van der Waals surface area contributed by atoms with Gasteiger partial charge in [0, 0.05) is 17.5 Å². The van der Waals surface area contributed by atoms with Gasteiger partial charge in [0.05, 0.1) is 32.0 Å². The topological polar surface area (TPSA) is 206 Å². The monoisotopic (exact) mass is 622 g/mol. The summed E-state index contributed by atoms with van der Waals surface area (Å²) in [4.78, 5) is 0. The second-order valence-electron chi connectivity index (χ2n) is 11.5. The summed E-state index contributed by atoms with van der Waals surface area (Å²) in [7, 11) is 1.57. The maximum absolute atomic E-state index is 11.0. The van der Waals surface area contributed by atoms with Crippen LogP contribution in [0.1, 0.15) is 40.9 Å². The van der Waals surface area contributed by atoms with Crippen LogP contribution in [0.25, 0.3) is 0 Å². The Kier molecular flexibility index (Phi) is 8.67. The summed E-state index contributed by atoms with van der Waals surface area (Å²) in [5.74, 6) is 1.42. The Morgan fingerprint density at radius 2 is 1.34 bits per heavy atom. The molecular weight excluding hydrogens is 584 g/mol. The molecule has 4 heterocycles. The summed E-state index contributed by atoms with van der Waals surface area (Å²) in [5, 5.41) is 72.3. The van der Waals surface area contributed by atoms with Crippen LogP contribution in [0.4, 0.5) is 0 Å². The summed E-state index contributed by atoms with van der Waals surface area (Å²) < 4.78 is 42.2. The zero-order chi connectivity index (χ0) is 31.4. The van der Waals surface area contributed by atoms with Crippen LogP contribution in [-0.2, 0) is 14.2 Å². The molecule has 2 aromatic carbocycles.